The molecule has 1 fully saturated rings. The Morgan fingerprint density at radius 2 is 2.06 bits per heavy atom. The van der Waals surface area contributed by atoms with Crippen molar-refractivity contribution in [2.24, 2.45) is 0 Å². The van der Waals surface area contributed by atoms with Crippen molar-refractivity contribution in [1.82, 2.24) is 9.55 Å². The normalized spacial score (nSPS) is 19.2. The number of hydrogen-bond donors (Lipinski definition) is 0. The third-order valence-electron chi connectivity index (χ3n) is 3.57. The minimum Gasteiger partial charge on any atom is -0.321 e. The molecule has 0 radical (unpaired) electrons. The maximum Gasteiger partial charge on any atom is 0.153 e. The van der Waals surface area contributed by atoms with Gasteiger partial charge in [-0.05, 0) is 32.8 Å². The smallest absolute Gasteiger partial charge is 0.153 e. The molecule has 0 amide bonds. The van der Waals surface area contributed by atoms with Crippen LogP contribution < -0.4 is 0 Å². The van der Waals surface area contributed by atoms with Gasteiger partial charge in [-0.25, -0.2) is 13.8 Å². The van der Waals surface area contributed by atoms with E-state index in [0.29, 0.717) is 11.3 Å². The molecule has 1 atom stereocenters. The first-order valence-corrected chi connectivity index (χ1v) is 6.38. The Kier molecular flexibility index (Phi) is 2.43. The molecule has 2 aromatic rings. The highest BCUT2D eigenvalue weighted by atomic mass is 35.5. The molecule has 1 aliphatic rings. The number of alkyl halides is 1. The van der Waals surface area contributed by atoms with Crippen molar-refractivity contribution in [2.45, 2.75) is 37.6 Å². The van der Waals surface area contributed by atoms with Gasteiger partial charge in [0.15, 0.2) is 5.82 Å². The van der Waals surface area contributed by atoms with Gasteiger partial charge in [0, 0.05) is 11.6 Å². The second-order valence-corrected chi connectivity index (χ2v) is 5.83. The predicted molar refractivity (Wildman–Crippen MR) is 66.8 cm³/mol. The van der Waals surface area contributed by atoms with Gasteiger partial charge in [0.1, 0.15) is 17.2 Å². The summed E-state index contributed by atoms with van der Waals surface area (Å²) < 4.78 is 29.0. The van der Waals surface area contributed by atoms with Crippen molar-refractivity contribution in [1.29, 1.82) is 0 Å². The highest BCUT2D eigenvalue weighted by Gasteiger charge is 2.42. The molecule has 1 aromatic carbocycles. The van der Waals surface area contributed by atoms with E-state index in [2.05, 4.69) is 11.9 Å². The quantitative estimate of drug-likeness (QED) is 0.751. The van der Waals surface area contributed by atoms with Crippen molar-refractivity contribution < 1.29 is 8.78 Å². The number of imidazole rings is 1. The molecule has 2 nitrogen and oxygen atoms in total. The molecule has 18 heavy (non-hydrogen) atoms. The van der Waals surface area contributed by atoms with E-state index in [0.717, 1.165) is 18.9 Å². The minimum absolute atomic E-state index is 0.104. The van der Waals surface area contributed by atoms with Crippen molar-refractivity contribution in [3.63, 3.8) is 0 Å². The lowest BCUT2D eigenvalue weighted by Crippen LogP contribution is -2.16. The summed E-state index contributed by atoms with van der Waals surface area (Å²) in [6.07, 6.45) is 1.96. The monoisotopic (exact) mass is 270 g/mol. The first kappa shape index (κ1) is 11.9. The minimum atomic E-state index is -0.633. The van der Waals surface area contributed by atoms with E-state index in [-0.39, 0.29) is 16.4 Å². The number of fused-ring (bicyclic) bond motifs is 1. The summed E-state index contributed by atoms with van der Waals surface area (Å²) in [7, 11) is 0. The second kappa shape index (κ2) is 3.67. The maximum absolute atomic E-state index is 13.8. The number of benzene rings is 1. The summed E-state index contributed by atoms with van der Waals surface area (Å²) in [6.45, 7) is 3.85. The second-order valence-electron chi connectivity index (χ2n) is 5.17. The Balaban J connectivity index is 2.38. The molecule has 5 heteroatoms. The van der Waals surface area contributed by atoms with Crippen LogP contribution in [0.15, 0.2) is 12.1 Å². The molecule has 0 spiro atoms. The van der Waals surface area contributed by atoms with Gasteiger partial charge in [0.05, 0.1) is 10.9 Å². The van der Waals surface area contributed by atoms with Crippen LogP contribution in [-0.4, -0.2) is 9.55 Å². The zero-order chi connectivity index (χ0) is 13.1. The van der Waals surface area contributed by atoms with Crippen molar-refractivity contribution in [3.8, 4) is 0 Å². The standard InChI is InChI=1S/C13H13ClF2N2/c1-7(14)12-17-11-9(16)5-8(15)6-10(11)18(12)13(2)3-4-13/h5-7H,3-4H2,1-2H3. The summed E-state index contributed by atoms with van der Waals surface area (Å²) >= 11 is 6.11. The van der Waals surface area contributed by atoms with E-state index < -0.39 is 11.6 Å². The van der Waals surface area contributed by atoms with Crippen LogP contribution in [0, 0.1) is 11.6 Å². The van der Waals surface area contributed by atoms with Gasteiger partial charge < -0.3 is 4.57 Å². The van der Waals surface area contributed by atoms with Crippen LogP contribution in [0.3, 0.4) is 0 Å². The molecular weight excluding hydrogens is 258 g/mol. The first-order valence-electron chi connectivity index (χ1n) is 5.94. The Morgan fingerprint density at radius 1 is 1.39 bits per heavy atom. The highest BCUT2D eigenvalue weighted by Crippen LogP contribution is 2.47. The fourth-order valence-corrected chi connectivity index (χ4v) is 2.51. The SMILES string of the molecule is CC(Cl)c1nc2c(F)cc(F)cc2n1C1(C)CC1. The lowest BCUT2D eigenvalue weighted by Gasteiger charge is -2.17. The maximum atomic E-state index is 13.8. The van der Waals surface area contributed by atoms with Crippen LogP contribution in [0.5, 0.6) is 0 Å². The molecule has 0 N–H and O–H groups in total. The van der Waals surface area contributed by atoms with Gasteiger partial charge in [-0.1, -0.05) is 0 Å². The van der Waals surface area contributed by atoms with Gasteiger partial charge in [-0.3, -0.25) is 0 Å². The Hall–Kier alpha value is -1.16. The van der Waals surface area contributed by atoms with Gasteiger partial charge in [-0.15, -0.1) is 11.6 Å². The van der Waals surface area contributed by atoms with Crippen LogP contribution in [0.2, 0.25) is 0 Å². The first-order chi connectivity index (χ1) is 8.42. The van der Waals surface area contributed by atoms with Crippen LogP contribution in [-0.2, 0) is 5.54 Å². The van der Waals surface area contributed by atoms with Crippen LogP contribution in [0.1, 0.15) is 37.9 Å². The largest absolute Gasteiger partial charge is 0.321 e. The third-order valence-corrected chi connectivity index (χ3v) is 3.77. The van der Waals surface area contributed by atoms with E-state index in [1.807, 2.05) is 4.57 Å². The lowest BCUT2D eigenvalue weighted by molar-refractivity contribution is 0.521. The van der Waals surface area contributed by atoms with E-state index in [4.69, 9.17) is 11.6 Å². The van der Waals surface area contributed by atoms with Crippen LogP contribution >= 0.6 is 11.6 Å². The Labute approximate surface area is 109 Å². The summed E-state index contributed by atoms with van der Waals surface area (Å²) in [4.78, 5) is 4.25. The number of rotatable bonds is 2. The van der Waals surface area contributed by atoms with E-state index in [1.165, 1.54) is 6.07 Å². The fraction of sp³-hybridized carbons (Fsp3) is 0.462. The average Bonchev–Trinajstić information content (AvgIpc) is 2.88. The van der Waals surface area contributed by atoms with Crippen LogP contribution in [0.4, 0.5) is 8.78 Å². The zero-order valence-electron chi connectivity index (χ0n) is 10.2. The molecule has 3 rings (SSSR count). The topological polar surface area (TPSA) is 17.8 Å². The van der Waals surface area contributed by atoms with E-state index in [9.17, 15) is 8.78 Å². The van der Waals surface area contributed by atoms with E-state index >= 15 is 0 Å². The highest BCUT2D eigenvalue weighted by molar-refractivity contribution is 6.20. The lowest BCUT2D eigenvalue weighted by atomic mass is 10.2. The Bertz CT molecular complexity index is 629. The summed E-state index contributed by atoms with van der Waals surface area (Å²) in [5.41, 5.74) is 0.593. The zero-order valence-corrected chi connectivity index (χ0v) is 10.9. The van der Waals surface area contributed by atoms with Gasteiger partial charge >= 0.3 is 0 Å². The number of aromatic nitrogens is 2. The summed E-state index contributed by atoms with van der Waals surface area (Å²) in [5, 5.41) is -0.336. The van der Waals surface area contributed by atoms with E-state index in [1.54, 1.807) is 6.92 Å². The van der Waals surface area contributed by atoms with Crippen molar-refractivity contribution in [3.05, 3.63) is 29.6 Å². The number of hydrogen-bond acceptors (Lipinski definition) is 1. The molecule has 0 aliphatic heterocycles. The van der Waals surface area contributed by atoms with Gasteiger partial charge in [0.25, 0.3) is 0 Å². The molecule has 1 heterocycles. The average molecular weight is 271 g/mol. The molecular formula is C13H13ClF2N2. The molecule has 0 saturated heterocycles. The predicted octanol–water partition coefficient (Wildman–Crippen LogP) is 4.12. The third kappa shape index (κ3) is 1.62. The van der Waals surface area contributed by atoms with Gasteiger partial charge in [-0.2, -0.15) is 0 Å². The summed E-state index contributed by atoms with van der Waals surface area (Å²) in [5.74, 6) is -0.609. The molecule has 1 aromatic heterocycles. The molecule has 96 valence electrons. The number of halogens is 3. The summed E-state index contributed by atoms with van der Waals surface area (Å²) in [6, 6.07) is 2.19. The molecule has 1 unspecified atom stereocenters. The number of nitrogens with zero attached hydrogens (tertiary/aromatic N) is 2. The molecule has 1 aliphatic carbocycles. The van der Waals surface area contributed by atoms with Crippen LogP contribution in [0.25, 0.3) is 11.0 Å². The van der Waals surface area contributed by atoms with Crippen molar-refractivity contribution >= 4 is 22.6 Å². The van der Waals surface area contributed by atoms with Crippen molar-refractivity contribution in [2.75, 3.05) is 0 Å². The Morgan fingerprint density at radius 3 is 2.61 bits per heavy atom. The molecule has 0 bridgehead atoms. The van der Waals surface area contributed by atoms with Gasteiger partial charge in [0.2, 0.25) is 0 Å². The molecule has 1 saturated carbocycles. The fourth-order valence-electron chi connectivity index (χ4n) is 2.36.